The third kappa shape index (κ3) is 5.01. The van der Waals surface area contributed by atoms with Gasteiger partial charge in [0, 0.05) is 13.1 Å². The minimum absolute atomic E-state index is 0.177. The van der Waals surface area contributed by atoms with Crippen molar-refractivity contribution in [3.8, 4) is 0 Å². The van der Waals surface area contributed by atoms with Crippen molar-refractivity contribution < 1.29 is 17.9 Å². The van der Waals surface area contributed by atoms with Crippen molar-refractivity contribution in [2.75, 3.05) is 31.6 Å². The number of anilines is 1. The Morgan fingerprint density at radius 3 is 2.71 bits per heavy atom. The number of halogens is 3. The van der Waals surface area contributed by atoms with Crippen LogP contribution in [0.4, 0.5) is 19.0 Å². The fourth-order valence-corrected chi connectivity index (χ4v) is 1.13. The van der Waals surface area contributed by atoms with Gasteiger partial charge in [0.15, 0.2) is 0 Å². The zero-order valence-corrected chi connectivity index (χ0v) is 9.13. The summed E-state index contributed by atoms with van der Waals surface area (Å²) in [7, 11) is 0. The Morgan fingerprint density at radius 1 is 1.29 bits per heavy atom. The maximum atomic E-state index is 12.3. The smallest absolute Gasteiger partial charge is 0.378 e. The fourth-order valence-electron chi connectivity index (χ4n) is 1.13. The molecule has 0 bridgehead atoms. The lowest BCUT2D eigenvalue weighted by atomic mass is 10.3. The van der Waals surface area contributed by atoms with Crippen LogP contribution in [0.5, 0.6) is 0 Å². The molecule has 7 heteroatoms. The quantitative estimate of drug-likeness (QED) is 0.750. The Bertz CT molecular complexity index is 344. The van der Waals surface area contributed by atoms with Gasteiger partial charge < -0.3 is 15.8 Å². The summed E-state index contributed by atoms with van der Waals surface area (Å²) in [6.45, 7) is 1.60. The highest BCUT2D eigenvalue weighted by Crippen LogP contribution is 2.27. The molecule has 0 unspecified atom stereocenters. The molecule has 1 rings (SSSR count). The number of nitrogens with one attached hydrogen (secondary N) is 1. The van der Waals surface area contributed by atoms with Gasteiger partial charge >= 0.3 is 6.18 Å². The van der Waals surface area contributed by atoms with Gasteiger partial charge in [0.05, 0.1) is 13.2 Å². The first-order valence-electron chi connectivity index (χ1n) is 5.10. The van der Waals surface area contributed by atoms with Crippen LogP contribution in [-0.2, 0) is 10.9 Å². The Hall–Kier alpha value is -1.34. The van der Waals surface area contributed by atoms with Crippen LogP contribution in [-0.4, -0.2) is 31.3 Å². The number of rotatable bonds is 6. The summed E-state index contributed by atoms with van der Waals surface area (Å²) in [4.78, 5) is 3.45. The van der Waals surface area contributed by atoms with Crippen molar-refractivity contribution in [3.63, 3.8) is 0 Å². The van der Waals surface area contributed by atoms with E-state index in [0.717, 1.165) is 6.07 Å². The molecule has 3 N–H and O–H groups in total. The molecule has 1 heterocycles. The van der Waals surface area contributed by atoms with Gasteiger partial charge in [-0.25, -0.2) is 4.98 Å². The molecule has 0 aromatic carbocycles. The van der Waals surface area contributed by atoms with Crippen LogP contribution in [0.25, 0.3) is 0 Å². The number of hydrogen-bond acceptors (Lipinski definition) is 4. The lowest BCUT2D eigenvalue weighted by Gasteiger charge is -2.09. The van der Waals surface area contributed by atoms with E-state index in [2.05, 4.69) is 10.3 Å². The summed E-state index contributed by atoms with van der Waals surface area (Å²) >= 11 is 0. The molecule has 17 heavy (non-hydrogen) atoms. The van der Waals surface area contributed by atoms with Crippen LogP contribution >= 0.6 is 0 Å². The molecule has 0 spiro atoms. The highest BCUT2D eigenvalue weighted by Gasteiger charge is 2.32. The average molecular weight is 249 g/mol. The number of hydrogen-bond donors (Lipinski definition) is 2. The van der Waals surface area contributed by atoms with E-state index in [1.165, 1.54) is 12.1 Å². The molecular formula is C10H14F3N3O. The number of aromatic nitrogens is 1. The summed E-state index contributed by atoms with van der Waals surface area (Å²) in [5.74, 6) is 0.177. The summed E-state index contributed by atoms with van der Waals surface area (Å²) < 4.78 is 42.0. The van der Waals surface area contributed by atoms with Crippen molar-refractivity contribution in [1.29, 1.82) is 0 Å². The molecule has 0 saturated heterocycles. The Kier molecular flexibility index (Phi) is 5.17. The molecule has 0 aliphatic rings. The molecule has 0 radical (unpaired) electrons. The second kappa shape index (κ2) is 6.41. The highest BCUT2D eigenvalue weighted by molar-refractivity contribution is 5.35. The fraction of sp³-hybridized carbons (Fsp3) is 0.500. The van der Waals surface area contributed by atoms with Gasteiger partial charge in [-0.2, -0.15) is 13.2 Å². The standard InChI is InChI=1S/C10H14F3N3O/c11-10(12,13)8-2-1-3-9(16-8)15-5-7-17-6-4-14/h1-3H,4-7,14H2,(H,15,16). The van der Waals surface area contributed by atoms with Gasteiger partial charge in [0.1, 0.15) is 11.5 Å². The summed E-state index contributed by atoms with van der Waals surface area (Å²) in [6.07, 6.45) is -4.42. The van der Waals surface area contributed by atoms with E-state index in [1.54, 1.807) is 0 Å². The van der Waals surface area contributed by atoms with Crippen LogP contribution in [0, 0.1) is 0 Å². The van der Waals surface area contributed by atoms with Crippen LogP contribution in [0.1, 0.15) is 5.69 Å². The predicted octanol–water partition coefficient (Wildman–Crippen LogP) is 1.49. The van der Waals surface area contributed by atoms with E-state index < -0.39 is 11.9 Å². The number of ether oxygens (including phenoxy) is 1. The van der Waals surface area contributed by atoms with Crippen molar-refractivity contribution in [2.45, 2.75) is 6.18 Å². The zero-order valence-electron chi connectivity index (χ0n) is 9.13. The zero-order chi connectivity index (χ0) is 12.7. The molecule has 4 nitrogen and oxygen atoms in total. The van der Waals surface area contributed by atoms with Gasteiger partial charge in [-0.3, -0.25) is 0 Å². The molecule has 0 atom stereocenters. The van der Waals surface area contributed by atoms with E-state index in [9.17, 15) is 13.2 Å². The molecule has 0 saturated carbocycles. The third-order valence-corrected chi connectivity index (χ3v) is 1.85. The van der Waals surface area contributed by atoms with Crippen LogP contribution in [0.2, 0.25) is 0 Å². The average Bonchev–Trinajstić information content (AvgIpc) is 2.28. The van der Waals surface area contributed by atoms with Crippen LogP contribution in [0.15, 0.2) is 18.2 Å². The first-order chi connectivity index (χ1) is 8.04. The topological polar surface area (TPSA) is 60.2 Å². The first-order valence-corrected chi connectivity index (χ1v) is 5.10. The Morgan fingerprint density at radius 2 is 2.06 bits per heavy atom. The van der Waals surface area contributed by atoms with E-state index >= 15 is 0 Å². The molecule has 0 aliphatic carbocycles. The lowest BCUT2D eigenvalue weighted by molar-refractivity contribution is -0.141. The molecular weight excluding hydrogens is 235 g/mol. The molecule has 0 amide bonds. The van der Waals surface area contributed by atoms with Gasteiger partial charge in [-0.15, -0.1) is 0 Å². The van der Waals surface area contributed by atoms with Crippen molar-refractivity contribution >= 4 is 5.82 Å². The maximum Gasteiger partial charge on any atom is 0.433 e. The Balaban J connectivity index is 2.44. The van der Waals surface area contributed by atoms with Crippen LogP contribution < -0.4 is 11.1 Å². The van der Waals surface area contributed by atoms with Gasteiger partial charge in [-0.05, 0) is 12.1 Å². The SMILES string of the molecule is NCCOCCNc1cccc(C(F)(F)F)n1. The van der Waals surface area contributed by atoms with E-state index in [0.29, 0.717) is 26.3 Å². The molecule has 0 fully saturated rings. The number of pyridine rings is 1. The normalized spacial score (nSPS) is 11.5. The van der Waals surface area contributed by atoms with Crippen molar-refractivity contribution in [3.05, 3.63) is 23.9 Å². The minimum atomic E-state index is -4.42. The minimum Gasteiger partial charge on any atom is -0.378 e. The lowest BCUT2D eigenvalue weighted by Crippen LogP contribution is -2.16. The monoisotopic (exact) mass is 249 g/mol. The van der Waals surface area contributed by atoms with E-state index in [1.807, 2.05) is 0 Å². The summed E-state index contributed by atoms with van der Waals surface area (Å²) in [5.41, 5.74) is 4.30. The maximum absolute atomic E-state index is 12.3. The predicted molar refractivity (Wildman–Crippen MR) is 57.6 cm³/mol. The number of nitrogens with zero attached hydrogens (tertiary/aromatic N) is 1. The second-order valence-electron chi connectivity index (χ2n) is 3.23. The van der Waals surface area contributed by atoms with E-state index in [4.69, 9.17) is 10.5 Å². The van der Waals surface area contributed by atoms with Gasteiger partial charge in [0.2, 0.25) is 0 Å². The van der Waals surface area contributed by atoms with Crippen molar-refractivity contribution in [1.82, 2.24) is 4.98 Å². The molecule has 1 aromatic rings. The van der Waals surface area contributed by atoms with Crippen molar-refractivity contribution in [2.24, 2.45) is 5.73 Å². The third-order valence-electron chi connectivity index (χ3n) is 1.85. The van der Waals surface area contributed by atoms with Gasteiger partial charge in [-0.1, -0.05) is 6.07 Å². The van der Waals surface area contributed by atoms with Gasteiger partial charge in [0.25, 0.3) is 0 Å². The second-order valence-corrected chi connectivity index (χ2v) is 3.23. The summed E-state index contributed by atoms with van der Waals surface area (Å²) in [6, 6.07) is 3.70. The largest absolute Gasteiger partial charge is 0.433 e. The number of alkyl halides is 3. The summed E-state index contributed by atoms with van der Waals surface area (Å²) in [5, 5.41) is 2.74. The van der Waals surface area contributed by atoms with E-state index in [-0.39, 0.29) is 5.82 Å². The number of nitrogens with two attached hydrogens (primary N) is 1. The molecule has 1 aromatic heterocycles. The first kappa shape index (κ1) is 13.7. The molecule has 96 valence electrons. The molecule has 0 aliphatic heterocycles. The Labute approximate surface area is 97.0 Å². The highest BCUT2D eigenvalue weighted by atomic mass is 19.4. The van der Waals surface area contributed by atoms with Crippen LogP contribution in [0.3, 0.4) is 0 Å².